The largest absolute Gasteiger partial charge is 0.477 e. The average molecular weight is 519 g/mol. The zero-order valence-corrected chi connectivity index (χ0v) is 20.3. The van der Waals surface area contributed by atoms with Gasteiger partial charge in [-0.3, -0.25) is 9.59 Å². The number of carboxylic acids is 1. The maximum Gasteiger partial charge on any atom is 0.352 e. The number of fused-ring (bicyclic) bond motifs is 5. The number of nitrogens with zero attached hydrogens (tertiary/aromatic N) is 2. The number of aliphatic hydroxyl groups is 1. The second-order valence-corrected chi connectivity index (χ2v) is 9.20. The Bertz CT molecular complexity index is 1700. The first kappa shape index (κ1) is 23.7. The highest BCUT2D eigenvalue weighted by Gasteiger charge is 2.45. The van der Waals surface area contributed by atoms with E-state index in [9.17, 15) is 29.4 Å². The van der Waals surface area contributed by atoms with Crippen LogP contribution in [-0.2, 0) is 37.9 Å². The van der Waals surface area contributed by atoms with Gasteiger partial charge in [-0.25, -0.2) is 14.6 Å². The van der Waals surface area contributed by atoms with Crippen molar-refractivity contribution in [2.75, 3.05) is 6.79 Å². The summed E-state index contributed by atoms with van der Waals surface area (Å²) in [5, 5.41) is 23.3. The smallest absolute Gasteiger partial charge is 0.352 e. The van der Waals surface area contributed by atoms with Crippen LogP contribution in [0.1, 0.15) is 42.5 Å². The normalized spacial score (nSPS) is 19.0. The van der Waals surface area contributed by atoms with Crippen LogP contribution in [0.2, 0.25) is 0 Å². The molecule has 0 spiro atoms. The van der Waals surface area contributed by atoms with Crippen molar-refractivity contribution in [3.8, 4) is 22.9 Å². The van der Waals surface area contributed by atoms with Crippen LogP contribution in [0.4, 0.5) is 0 Å². The summed E-state index contributed by atoms with van der Waals surface area (Å²) in [6, 6.07) is 4.87. The molecule has 194 valence electrons. The molecule has 0 radical (unpaired) electrons. The molecule has 3 aromatic rings. The molecule has 0 bridgehead atoms. The van der Waals surface area contributed by atoms with Crippen molar-refractivity contribution < 1.29 is 38.8 Å². The van der Waals surface area contributed by atoms with E-state index in [2.05, 4.69) is 5.32 Å². The van der Waals surface area contributed by atoms with Gasteiger partial charge in [0, 0.05) is 23.6 Å². The summed E-state index contributed by atoms with van der Waals surface area (Å²) in [6.07, 6.45) is 1.32. The van der Waals surface area contributed by atoms with Crippen molar-refractivity contribution in [2.24, 2.45) is 0 Å². The van der Waals surface area contributed by atoms with E-state index in [0.29, 0.717) is 44.9 Å². The minimum absolute atomic E-state index is 0.0297. The van der Waals surface area contributed by atoms with E-state index in [1.807, 2.05) is 0 Å². The molecule has 2 aromatic heterocycles. The lowest BCUT2D eigenvalue weighted by molar-refractivity contribution is -0.172. The van der Waals surface area contributed by atoms with Crippen LogP contribution in [0.25, 0.3) is 28.4 Å². The third kappa shape index (κ3) is 3.23. The lowest BCUT2D eigenvalue weighted by atomic mass is 9.86. The zero-order valence-electron chi connectivity index (χ0n) is 20.3. The maximum atomic E-state index is 13.5. The van der Waals surface area contributed by atoms with Crippen LogP contribution < -0.4 is 20.3 Å². The lowest BCUT2D eigenvalue weighted by Gasteiger charge is -2.31. The Morgan fingerprint density at radius 3 is 2.66 bits per heavy atom. The molecular formula is C26H21N3O9. The highest BCUT2D eigenvalue weighted by molar-refractivity contribution is 6.01. The first-order valence-corrected chi connectivity index (χ1v) is 11.8. The number of amides is 1. The van der Waals surface area contributed by atoms with E-state index in [4.69, 9.17) is 19.2 Å². The highest BCUT2D eigenvalue weighted by Crippen LogP contribution is 2.47. The number of aromatic nitrogens is 2. The zero-order chi connectivity index (χ0) is 26.9. The van der Waals surface area contributed by atoms with Crippen molar-refractivity contribution in [1.29, 1.82) is 0 Å². The van der Waals surface area contributed by atoms with Crippen molar-refractivity contribution in [2.45, 2.75) is 39.0 Å². The van der Waals surface area contributed by atoms with Crippen LogP contribution >= 0.6 is 0 Å². The summed E-state index contributed by atoms with van der Waals surface area (Å²) in [7, 11) is 0. The molecule has 38 heavy (non-hydrogen) atoms. The number of ether oxygens (including phenoxy) is 3. The van der Waals surface area contributed by atoms with Gasteiger partial charge < -0.3 is 34.3 Å². The predicted octanol–water partition coefficient (Wildman–Crippen LogP) is 1.37. The molecular weight excluding hydrogens is 498 g/mol. The minimum Gasteiger partial charge on any atom is -0.477 e. The quantitative estimate of drug-likeness (QED) is 0.265. The third-order valence-corrected chi connectivity index (χ3v) is 7.03. The molecule has 12 heteroatoms. The number of carbonyl (C=O) groups is 3. The Balaban J connectivity index is 1.57. The number of benzene rings is 1. The van der Waals surface area contributed by atoms with Gasteiger partial charge in [0.2, 0.25) is 12.7 Å². The Hall–Kier alpha value is -4.71. The maximum absolute atomic E-state index is 13.5. The van der Waals surface area contributed by atoms with Crippen LogP contribution in [-0.4, -0.2) is 44.4 Å². The number of hydrogen-bond donors (Lipinski definition) is 3. The number of esters is 1. The molecule has 5 heterocycles. The second kappa shape index (κ2) is 8.15. The van der Waals surface area contributed by atoms with E-state index in [-0.39, 0.29) is 43.2 Å². The molecule has 1 atom stereocenters. The minimum atomic E-state index is -1.94. The first-order chi connectivity index (χ1) is 18.1. The summed E-state index contributed by atoms with van der Waals surface area (Å²) in [5.41, 5.74) is 0.105. The predicted molar refractivity (Wildman–Crippen MR) is 130 cm³/mol. The van der Waals surface area contributed by atoms with E-state index >= 15 is 0 Å². The van der Waals surface area contributed by atoms with Gasteiger partial charge in [0.15, 0.2) is 5.60 Å². The molecule has 1 amide bonds. The van der Waals surface area contributed by atoms with Gasteiger partial charge in [-0.05, 0) is 30.7 Å². The summed E-state index contributed by atoms with van der Waals surface area (Å²) in [5.74, 6) is -1.91. The number of carbonyl (C=O) groups excluding carboxylic acids is 2. The Kier molecular flexibility index (Phi) is 5.08. The average Bonchev–Trinajstić information content (AvgIpc) is 3.26. The van der Waals surface area contributed by atoms with Crippen molar-refractivity contribution in [3.63, 3.8) is 0 Å². The van der Waals surface area contributed by atoms with Gasteiger partial charge in [-0.1, -0.05) is 6.92 Å². The van der Waals surface area contributed by atoms with Crippen LogP contribution in [0, 0.1) is 0 Å². The third-order valence-electron chi connectivity index (χ3n) is 7.03. The van der Waals surface area contributed by atoms with Crippen molar-refractivity contribution in [1.82, 2.24) is 14.9 Å². The van der Waals surface area contributed by atoms with E-state index in [1.165, 1.54) is 17.6 Å². The number of aliphatic carboxylic acids is 1. The molecule has 1 aromatic carbocycles. The standard InChI is InChI=1S/C26H21N3O9/c1-3-26(35)15-7-18-20-13(8-29(18)23(31)14(15)9-36-25(26)34)22-19-16(28-20)5-4-12(21(19)37-10-38-22)6-17(24(32)33)27-11(2)30/h4-7,35H,3,8-10H2,1-2H3,(H,27,30)(H,32,33)/b17-6-/t26-/m0/s1. The Labute approximate surface area is 214 Å². The molecule has 6 rings (SSSR count). The van der Waals surface area contributed by atoms with Gasteiger partial charge in [0.1, 0.15) is 23.8 Å². The molecule has 0 saturated heterocycles. The van der Waals surface area contributed by atoms with Gasteiger partial charge in [-0.15, -0.1) is 0 Å². The Morgan fingerprint density at radius 2 is 1.95 bits per heavy atom. The number of nitrogens with one attached hydrogen (secondary N) is 1. The topological polar surface area (TPSA) is 166 Å². The molecule has 0 unspecified atom stereocenters. The molecule has 0 aliphatic carbocycles. The monoisotopic (exact) mass is 519 g/mol. The first-order valence-electron chi connectivity index (χ1n) is 11.8. The summed E-state index contributed by atoms with van der Waals surface area (Å²) in [6.45, 7) is 2.55. The van der Waals surface area contributed by atoms with Gasteiger partial charge in [-0.2, -0.15) is 0 Å². The lowest BCUT2D eigenvalue weighted by Crippen LogP contribution is -2.44. The van der Waals surface area contributed by atoms with E-state index < -0.39 is 29.0 Å². The molecule has 0 saturated carbocycles. The molecule has 12 nitrogen and oxygen atoms in total. The summed E-state index contributed by atoms with van der Waals surface area (Å²) < 4.78 is 18.2. The fourth-order valence-corrected chi connectivity index (χ4v) is 5.19. The molecule has 3 N–H and O–H groups in total. The molecule has 3 aliphatic heterocycles. The van der Waals surface area contributed by atoms with Crippen molar-refractivity contribution in [3.05, 3.63) is 56.5 Å². The van der Waals surface area contributed by atoms with Crippen LogP contribution in [0.5, 0.6) is 11.5 Å². The second-order valence-electron chi connectivity index (χ2n) is 9.20. The van der Waals surface area contributed by atoms with Crippen LogP contribution in [0.3, 0.4) is 0 Å². The number of hydrogen-bond acceptors (Lipinski definition) is 9. The number of carboxylic acid groups (broad SMARTS) is 1. The SMILES string of the molecule is CC[C@@]1(O)C(=O)OCc2c1cc1n(c2=O)Cc2c-1nc1ccc(/C=C(\NC(C)=O)C(=O)O)c3c1c2OCO3. The van der Waals surface area contributed by atoms with Gasteiger partial charge >= 0.3 is 11.9 Å². The van der Waals surface area contributed by atoms with Gasteiger partial charge in [0.25, 0.3) is 5.56 Å². The number of pyridine rings is 2. The summed E-state index contributed by atoms with van der Waals surface area (Å²) in [4.78, 5) is 53.7. The van der Waals surface area contributed by atoms with Crippen LogP contribution in [0.15, 0.2) is 28.7 Å². The van der Waals surface area contributed by atoms with Gasteiger partial charge in [0.05, 0.1) is 34.4 Å². The molecule has 3 aliphatic rings. The fourth-order valence-electron chi connectivity index (χ4n) is 5.19. The van der Waals surface area contributed by atoms with Crippen molar-refractivity contribution >= 4 is 34.8 Å². The number of cyclic esters (lactones) is 1. The van der Waals surface area contributed by atoms with E-state index in [1.54, 1.807) is 25.1 Å². The summed E-state index contributed by atoms with van der Waals surface area (Å²) >= 11 is 0. The Morgan fingerprint density at radius 1 is 1.18 bits per heavy atom. The number of rotatable bonds is 4. The highest BCUT2D eigenvalue weighted by atomic mass is 16.7. The van der Waals surface area contributed by atoms with E-state index in [0.717, 1.165) is 0 Å². The fraction of sp³-hybridized carbons (Fsp3) is 0.269. The molecule has 0 fully saturated rings.